The van der Waals surface area contributed by atoms with Gasteiger partial charge in [-0.05, 0) is 33.6 Å². The number of carbonyl (C=O) groups excluding carboxylic acids is 1. The molecule has 0 bridgehead atoms. The number of ether oxygens (including phenoxy) is 3. The number of hydrogen-bond acceptors (Lipinski definition) is 4. The van der Waals surface area contributed by atoms with Crippen molar-refractivity contribution in [3.8, 4) is 0 Å². The summed E-state index contributed by atoms with van der Waals surface area (Å²) < 4.78 is 15.5. The van der Waals surface area contributed by atoms with Crippen molar-refractivity contribution < 1.29 is 19.0 Å². The van der Waals surface area contributed by atoms with Crippen molar-refractivity contribution in [3.63, 3.8) is 0 Å². The van der Waals surface area contributed by atoms with Crippen LogP contribution in [0.4, 0.5) is 0 Å². The van der Waals surface area contributed by atoms with E-state index in [4.69, 9.17) is 14.2 Å². The van der Waals surface area contributed by atoms with Gasteiger partial charge in [0, 0.05) is 27.1 Å². The molecule has 0 aliphatic heterocycles. The van der Waals surface area contributed by atoms with E-state index in [-0.39, 0.29) is 17.7 Å². The van der Waals surface area contributed by atoms with Crippen LogP contribution in [0.1, 0.15) is 52.9 Å². The lowest BCUT2D eigenvalue weighted by Crippen LogP contribution is -2.22. The third-order valence-electron chi connectivity index (χ3n) is 3.15. The molecule has 4 heteroatoms. The predicted molar refractivity (Wildman–Crippen MR) is 71.6 cm³/mol. The van der Waals surface area contributed by atoms with Crippen molar-refractivity contribution in [2.24, 2.45) is 0 Å². The maximum Gasteiger partial charge on any atom is 0.305 e. The zero-order chi connectivity index (χ0) is 14.0. The molecule has 0 aromatic carbocycles. The molecule has 0 amide bonds. The molecule has 0 rings (SSSR count). The zero-order valence-corrected chi connectivity index (χ0v) is 12.5. The third-order valence-corrected chi connectivity index (χ3v) is 3.15. The number of methoxy groups -OCH3 is 2. The fourth-order valence-corrected chi connectivity index (χ4v) is 1.45. The van der Waals surface area contributed by atoms with Gasteiger partial charge in [0.25, 0.3) is 0 Å². The molecule has 18 heavy (non-hydrogen) atoms. The van der Waals surface area contributed by atoms with E-state index in [1.54, 1.807) is 14.2 Å². The van der Waals surface area contributed by atoms with E-state index in [1.807, 2.05) is 6.92 Å². The summed E-state index contributed by atoms with van der Waals surface area (Å²) in [5.74, 6) is -0.117. The summed E-state index contributed by atoms with van der Waals surface area (Å²) >= 11 is 0. The highest BCUT2D eigenvalue weighted by Crippen LogP contribution is 2.17. The van der Waals surface area contributed by atoms with E-state index in [0.717, 1.165) is 25.7 Å². The maximum absolute atomic E-state index is 11.4. The quantitative estimate of drug-likeness (QED) is 0.447. The molecule has 0 radical (unpaired) electrons. The molecule has 108 valence electrons. The molecule has 1 atom stereocenters. The zero-order valence-electron chi connectivity index (χ0n) is 12.5. The number of esters is 1. The molecule has 0 saturated heterocycles. The average molecular weight is 260 g/mol. The minimum Gasteiger partial charge on any atom is -0.466 e. The smallest absolute Gasteiger partial charge is 0.305 e. The van der Waals surface area contributed by atoms with Crippen LogP contribution >= 0.6 is 0 Å². The van der Waals surface area contributed by atoms with Crippen molar-refractivity contribution in [1.82, 2.24) is 0 Å². The van der Waals surface area contributed by atoms with E-state index in [9.17, 15) is 4.79 Å². The summed E-state index contributed by atoms with van der Waals surface area (Å²) in [7, 11) is 3.37. The lowest BCUT2D eigenvalue weighted by atomic mass is 10.0. The van der Waals surface area contributed by atoms with E-state index >= 15 is 0 Å². The Morgan fingerprint density at radius 2 is 1.89 bits per heavy atom. The van der Waals surface area contributed by atoms with E-state index in [1.165, 1.54) is 0 Å². The van der Waals surface area contributed by atoms with Crippen molar-refractivity contribution >= 4 is 5.97 Å². The Kier molecular flexibility index (Phi) is 9.02. The monoisotopic (exact) mass is 260 g/mol. The first kappa shape index (κ1) is 17.4. The molecule has 0 saturated carbocycles. The number of carbonyl (C=O) groups is 1. The Morgan fingerprint density at radius 3 is 2.44 bits per heavy atom. The van der Waals surface area contributed by atoms with E-state index in [0.29, 0.717) is 13.0 Å². The van der Waals surface area contributed by atoms with Gasteiger partial charge in [-0.15, -0.1) is 0 Å². The Balaban J connectivity index is 3.48. The second kappa shape index (κ2) is 9.34. The molecular weight excluding hydrogens is 232 g/mol. The van der Waals surface area contributed by atoms with Gasteiger partial charge in [0.2, 0.25) is 0 Å². The maximum atomic E-state index is 11.4. The summed E-state index contributed by atoms with van der Waals surface area (Å²) in [5, 5.41) is 0. The molecule has 1 unspecified atom stereocenters. The molecule has 0 heterocycles. The molecule has 0 fully saturated rings. The highest BCUT2D eigenvalue weighted by molar-refractivity contribution is 5.69. The lowest BCUT2D eigenvalue weighted by Gasteiger charge is -2.22. The summed E-state index contributed by atoms with van der Waals surface area (Å²) in [6.07, 6.45) is 4.16. The molecule has 0 aromatic heterocycles. The van der Waals surface area contributed by atoms with Crippen LogP contribution in [0.5, 0.6) is 0 Å². The first-order valence-electron chi connectivity index (χ1n) is 6.65. The minimum absolute atomic E-state index is 0.0994. The Labute approximate surface area is 111 Å². The van der Waals surface area contributed by atoms with Crippen molar-refractivity contribution in [2.75, 3.05) is 20.8 Å². The van der Waals surface area contributed by atoms with Crippen LogP contribution in [0.2, 0.25) is 0 Å². The van der Waals surface area contributed by atoms with Gasteiger partial charge in [0.15, 0.2) is 0 Å². The van der Waals surface area contributed by atoms with Gasteiger partial charge in [-0.1, -0.05) is 6.42 Å². The molecular formula is C14H28O4. The summed E-state index contributed by atoms with van der Waals surface area (Å²) in [5.41, 5.74) is -0.0994. The van der Waals surface area contributed by atoms with Gasteiger partial charge in [-0.2, -0.15) is 0 Å². The highest BCUT2D eigenvalue weighted by atomic mass is 16.5. The van der Waals surface area contributed by atoms with Gasteiger partial charge in [0.05, 0.1) is 18.3 Å². The Bertz CT molecular complexity index is 226. The second-order valence-corrected chi connectivity index (χ2v) is 5.23. The van der Waals surface area contributed by atoms with Gasteiger partial charge >= 0.3 is 5.97 Å². The second-order valence-electron chi connectivity index (χ2n) is 5.23. The molecule has 0 aliphatic rings. The standard InChI is InChI=1S/C14H28O4/c1-12(16-4)9-11-18-13(15)8-6-7-10-14(2,3)17-5/h12H,6-11H2,1-5H3. The molecule has 0 aromatic rings. The Morgan fingerprint density at radius 1 is 1.22 bits per heavy atom. The van der Waals surface area contributed by atoms with Crippen LogP contribution in [0, 0.1) is 0 Å². The van der Waals surface area contributed by atoms with Crippen molar-refractivity contribution in [3.05, 3.63) is 0 Å². The fraction of sp³-hybridized carbons (Fsp3) is 0.929. The first-order chi connectivity index (χ1) is 8.41. The lowest BCUT2D eigenvalue weighted by molar-refractivity contribution is -0.144. The largest absolute Gasteiger partial charge is 0.466 e. The van der Waals surface area contributed by atoms with Crippen LogP contribution in [0.25, 0.3) is 0 Å². The molecule has 4 nitrogen and oxygen atoms in total. The van der Waals surface area contributed by atoms with Crippen LogP contribution in [-0.2, 0) is 19.0 Å². The van der Waals surface area contributed by atoms with Gasteiger partial charge in [0.1, 0.15) is 0 Å². The van der Waals surface area contributed by atoms with Crippen molar-refractivity contribution in [2.45, 2.75) is 64.6 Å². The number of hydrogen-bond donors (Lipinski definition) is 0. The first-order valence-corrected chi connectivity index (χ1v) is 6.65. The van der Waals surface area contributed by atoms with Crippen LogP contribution < -0.4 is 0 Å². The van der Waals surface area contributed by atoms with E-state index < -0.39 is 0 Å². The van der Waals surface area contributed by atoms with Crippen LogP contribution in [0.3, 0.4) is 0 Å². The minimum atomic E-state index is -0.117. The van der Waals surface area contributed by atoms with E-state index in [2.05, 4.69) is 13.8 Å². The SMILES string of the molecule is COC(C)CCOC(=O)CCCCC(C)(C)OC. The number of unbranched alkanes of at least 4 members (excludes halogenated alkanes) is 1. The van der Waals surface area contributed by atoms with Crippen LogP contribution in [-0.4, -0.2) is 38.5 Å². The average Bonchev–Trinajstić information content (AvgIpc) is 2.34. The molecule has 0 spiro atoms. The topological polar surface area (TPSA) is 44.8 Å². The van der Waals surface area contributed by atoms with Crippen molar-refractivity contribution in [1.29, 1.82) is 0 Å². The van der Waals surface area contributed by atoms with Crippen LogP contribution in [0.15, 0.2) is 0 Å². The van der Waals surface area contributed by atoms with Gasteiger partial charge in [-0.25, -0.2) is 0 Å². The molecule has 0 aliphatic carbocycles. The Hall–Kier alpha value is -0.610. The number of rotatable bonds is 10. The molecule has 0 N–H and O–H groups in total. The third kappa shape index (κ3) is 9.42. The fourth-order valence-electron chi connectivity index (χ4n) is 1.45. The van der Waals surface area contributed by atoms with Gasteiger partial charge in [-0.3, -0.25) is 4.79 Å². The summed E-state index contributed by atoms with van der Waals surface area (Å²) in [6, 6.07) is 0. The highest BCUT2D eigenvalue weighted by Gasteiger charge is 2.15. The van der Waals surface area contributed by atoms with Gasteiger partial charge < -0.3 is 14.2 Å². The predicted octanol–water partition coefficient (Wildman–Crippen LogP) is 2.94. The summed E-state index contributed by atoms with van der Waals surface area (Å²) in [4.78, 5) is 11.4. The normalized spacial score (nSPS) is 13.4. The summed E-state index contributed by atoms with van der Waals surface area (Å²) in [6.45, 7) is 6.51.